The molecular weight excluding hydrogens is 415 g/mol. The van der Waals surface area contributed by atoms with Crippen LogP contribution in [0.25, 0.3) is 0 Å². The third kappa shape index (κ3) is 4.89. The lowest BCUT2D eigenvalue weighted by Crippen LogP contribution is -2.53. The maximum absolute atomic E-state index is 14.3. The van der Waals surface area contributed by atoms with E-state index in [-0.39, 0.29) is 42.4 Å². The Hall–Kier alpha value is -1.45. The summed E-state index contributed by atoms with van der Waals surface area (Å²) < 4.78 is 56.8. The largest absolute Gasteiger partial charge is 0.336 e. The SMILES string of the molecule is CC(C)(C)S(=O)N[C@@H](Cc1cc(F)c(F)cc1F)C1C[C@H]2CC[C@@H](C1)N2C(=O)CN. The van der Waals surface area contributed by atoms with Crippen molar-refractivity contribution in [1.82, 2.24) is 9.62 Å². The maximum atomic E-state index is 14.3. The first kappa shape index (κ1) is 23.2. The molecule has 2 saturated heterocycles. The highest BCUT2D eigenvalue weighted by atomic mass is 32.2. The summed E-state index contributed by atoms with van der Waals surface area (Å²) in [6.45, 7) is 5.46. The second-order valence-electron chi connectivity index (χ2n) is 9.29. The number of hydrogen-bond acceptors (Lipinski definition) is 3. The van der Waals surface area contributed by atoms with Gasteiger partial charge in [0.2, 0.25) is 5.91 Å². The molecule has 0 aromatic heterocycles. The van der Waals surface area contributed by atoms with E-state index in [1.807, 2.05) is 25.7 Å². The zero-order chi connectivity index (χ0) is 22.2. The second-order valence-corrected chi connectivity index (χ2v) is 11.3. The Balaban J connectivity index is 1.85. The van der Waals surface area contributed by atoms with Crippen molar-refractivity contribution >= 4 is 16.9 Å². The van der Waals surface area contributed by atoms with E-state index >= 15 is 0 Å². The lowest BCUT2D eigenvalue weighted by atomic mass is 9.82. The molecule has 9 heteroatoms. The van der Waals surface area contributed by atoms with Crippen molar-refractivity contribution in [2.24, 2.45) is 11.7 Å². The maximum Gasteiger partial charge on any atom is 0.236 e. The van der Waals surface area contributed by atoms with Crippen LogP contribution in [0.4, 0.5) is 13.2 Å². The van der Waals surface area contributed by atoms with Crippen LogP contribution < -0.4 is 10.5 Å². The number of carbonyl (C=O) groups is 1. The van der Waals surface area contributed by atoms with E-state index in [1.165, 1.54) is 0 Å². The highest BCUT2D eigenvalue weighted by molar-refractivity contribution is 7.84. The van der Waals surface area contributed by atoms with Crippen molar-refractivity contribution in [3.8, 4) is 0 Å². The van der Waals surface area contributed by atoms with E-state index in [0.29, 0.717) is 18.9 Å². The number of halogens is 3. The average molecular weight is 446 g/mol. The van der Waals surface area contributed by atoms with E-state index in [9.17, 15) is 22.2 Å². The summed E-state index contributed by atoms with van der Waals surface area (Å²) in [6.07, 6.45) is 3.18. The summed E-state index contributed by atoms with van der Waals surface area (Å²) >= 11 is 0. The number of nitrogens with two attached hydrogens (primary N) is 1. The molecular formula is C21H30F3N3O2S. The van der Waals surface area contributed by atoms with E-state index in [4.69, 9.17) is 5.73 Å². The molecule has 0 saturated carbocycles. The van der Waals surface area contributed by atoms with Crippen LogP contribution in [0.5, 0.6) is 0 Å². The van der Waals surface area contributed by atoms with E-state index in [0.717, 1.165) is 18.9 Å². The van der Waals surface area contributed by atoms with E-state index < -0.39 is 39.2 Å². The molecule has 5 nitrogen and oxygen atoms in total. The molecule has 2 heterocycles. The fourth-order valence-electron chi connectivity index (χ4n) is 4.64. The zero-order valence-corrected chi connectivity index (χ0v) is 18.4. The Morgan fingerprint density at radius 1 is 1.17 bits per heavy atom. The van der Waals surface area contributed by atoms with Gasteiger partial charge in [-0.2, -0.15) is 0 Å². The Morgan fingerprint density at radius 3 is 2.27 bits per heavy atom. The Kier molecular flexibility index (Phi) is 6.94. The smallest absolute Gasteiger partial charge is 0.236 e. The van der Waals surface area contributed by atoms with Gasteiger partial charge in [-0.25, -0.2) is 22.1 Å². The molecule has 1 amide bonds. The second kappa shape index (κ2) is 8.96. The molecule has 2 bridgehead atoms. The minimum atomic E-state index is -1.42. The van der Waals surface area contributed by atoms with Crippen molar-refractivity contribution < 1.29 is 22.2 Å². The average Bonchev–Trinajstić information content (AvgIpc) is 2.93. The lowest BCUT2D eigenvalue weighted by Gasteiger charge is -2.42. The first-order valence-corrected chi connectivity index (χ1v) is 11.5. The molecule has 3 N–H and O–H groups in total. The molecule has 2 fully saturated rings. The van der Waals surface area contributed by atoms with Gasteiger partial charge in [0.1, 0.15) is 5.82 Å². The summed E-state index contributed by atoms with van der Waals surface area (Å²) in [4.78, 5) is 14.1. The summed E-state index contributed by atoms with van der Waals surface area (Å²) in [6, 6.07) is 1.12. The van der Waals surface area contributed by atoms with Gasteiger partial charge in [-0.15, -0.1) is 0 Å². The molecule has 168 valence electrons. The van der Waals surface area contributed by atoms with Gasteiger partial charge in [-0.05, 0) is 70.4 Å². The lowest BCUT2D eigenvalue weighted by molar-refractivity contribution is -0.135. The van der Waals surface area contributed by atoms with Crippen LogP contribution >= 0.6 is 0 Å². The summed E-state index contributed by atoms with van der Waals surface area (Å²) in [5, 5.41) is 0. The van der Waals surface area contributed by atoms with Crippen molar-refractivity contribution in [2.75, 3.05) is 6.54 Å². The van der Waals surface area contributed by atoms with Crippen LogP contribution in [0.3, 0.4) is 0 Å². The highest BCUT2D eigenvalue weighted by Crippen LogP contribution is 2.40. The van der Waals surface area contributed by atoms with Gasteiger partial charge < -0.3 is 10.6 Å². The predicted octanol–water partition coefficient (Wildman–Crippen LogP) is 2.80. The number of piperidine rings is 1. The van der Waals surface area contributed by atoms with Crippen LogP contribution in [0.15, 0.2) is 12.1 Å². The summed E-state index contributed by atoms with van der Waals surface area (Å²) in [7, 11) is -1.42. The molecule has 2 unspecified atom stereocenters. The quantitative estimate of drug-likeness (QED) is 0.662. The van der Waals surface area contributed by atoms with Crippen LogP contribution in [0, 0.1) is 23.4 Å². The van der Waals surface area contributed by atoms with Gasteiger partial charge in [-0.1, -0.05) is 0 Å². The summed E-state index contributed by atoms with van der Waals surface area (Å²) in [5.74, 6) is -3.21. The molecule has 0 aliphatic carbocycles. The molecule has 5 atom stereocenters. The molecule has 2 aliphatic rings. The van der Waals surface area contributed by atoms with Gasteiger partial charge >= 0.3 is 0 Å². The van der Waals surface area contributed by atoms with Crippen molar-refractivity contribution in [1.29, 1.82) is 0 Å². The first-order chi connectivity index (χ1) is 14.0. The number of nitrogens with one attached hydrogen (secondary N) is 1. The third-order valence-electron chi connectivity index (χ3n) is 6.14. The molecule has 0 spiro atoms. The molecule has 30 heavy (non-hydrogen) atoms. The molecule has 2 aliphatic heterocycles. The molecule has 3 rings (SSSR count). The van der Waals surface area contributed by atoms with Gasteiger partial charge in [0.15, 0.2) is 11.6 Å². The number of hydrogen-bond donors (Lipinski definition) is 2. The van der Waals surface area contributed by atoms with Crippen LogP contribution in [0.1, 0.15) is 52.0 Å². The van der Waals surface area contributed by atoms with Crippen molar-refractivity contribution in [3.63, 3.8) is 0 Å². The van der Waals surface area contributed by atoms with E-state index in [2.05, 4.69) is 4.72 Å². The topological polar surface area (TPSA) is 75.4 Å². The fraction of sp³-hybridized carbons (Fsp3) is 0.667. The molecule has 1 aromatic carbocycles. The molecule has 0 radical (unpaired) electrons. The van der Waals surface area contributed by atoms with Crippen LogP contribution in [-0.4, -0.2) is 44.4 Å². The Labute approximate surface area is 178 Å². The first-order valence-electron chi connectivity index (χ1n) is 10.3. The minimum Gasteiger partial charge on any atom is -0.336 e. The number of nitrogens with zero attached hydrogens (tertiary/aromatic N) is 1. The van der Waals surface area contributed by atoms with Gasteiger partial charge in [0.05, 0.1) is 22.3 Å². The van der Waals surface area contributed by atoms with Crippen LogP contribution in [-0.2, 0) is 22.2 Å². The normalized spacial score (nSPS) is 26.0. The van der Waals surface area contributed by atoms with Gasteiger partial charge in [0.25, 0.3) is 0 Å². The monoisotopic (exact) mass is 445 g/mol. The zero-order valence-electron chi connectivity index (χ0n) is 17.6. The summed E-state index contributed by atoms with van der Waals surface area (Å²) in [5.41, 5.74) is 5.60. The third-order valence-corrected chi connectivity index (χ3v) is 7.77. The number of rotatable bonds is 6. The van der Waals surface area contributed by atoms with Gasteiger partial charge in [0, 0.05) is 24.2 Å². The number of benzene rings is 1. The fourth-order valence-corrected chi connectivity index (χ4v) is 5.54. The predicted molar refractivity (Wildman–Crippen MR) is 110 cm³/mol. The van der Waals surface area contributed by atoms with Crippen molar-refractivity contribution in [2.45, 2.75) is 75.7 Å². The number of carbonyl (C=O) groups excluding carboxylic acids is 1. The minimum absolute atomic E-state index is 0.0168. The van der Waals surface area contributed by atoms with Crippen LogP contribution in [0.2, 0.25) is 0 Å². The standard InChI is InChI=1S/C21H30F3N3O2S/c1-21(2,3)30(29)26-19(9-12-8-17(23)18(24)10-16(12)22)13-6-14-4-5-15(7-13)27(14)20(28)11-25/h8,10,13-15,19,26H,4-7,9,11,25H2,1-3H3/t13?,14-,15+,19-,30?/m0/s1. The Morgan fingerprint density at radius 2 is 1.73 bits per heavy atom. The van der Waals surface area contributed by atoms with E-state index in [1.54, 1.807) is 0 Å². The molecule has 1 aromatic rings. The van der Waals surface area contributed by atoms with Crippen molar-refractivity contribution in [3.05, 3.63) is 35.1 Å². The Bertz CT molecular complexity index is 816. The number of amides is 1. The highest BCUT2D eigenvalue weighted by Gasteiger charge is 2.45. The van der Waals surface area contributed by atoms with Gasteiger partial charge in [-0.3, -0.25) is 4.79 Å². The number of fused-ring (bicyclic) bond motifs is 2.